The molecule has 3 amide bonds. The number of nitrogens with one attached hydrogen (secondary N) is 1. The maximum absolute atomic E-state index is 13.1. The first-order chi connectivity index (χ1) is 13.7. The highest BCUT2D eigenvalue weighted by Crippen LogP contribution is 2.30. The van der Waals surface area contributed by atoms with Crippen LogP contribution in [-0.4, -0.2) is 71.7 Å². The van der Waals surface area contributed by atoms with E-state index in [4.69, 9.17) is 9.47 Å². The number of morpholine rings is 1. The third kappa shape index (κ3) is 5.06. The molecule has 1 aromatic carbocycles. The first-order valence-corrected chi connectivity index (χ1v) is 9.86. The summed E-state index contributed by atoms with van der Waals surface area (Å²) in [6.45, 7) is 6.50. The van der Waals surface area contributed by atoms with Crippen LogP contribution in [-0.2, 0) is 25.6 Å². The predicted octanol–water partition coefficient (Wildman–Crippen LogP) is 1.54. The Morgan fingerprint density at radius 3 is 2.52 bits per heavy atom. The maximum atomic E-state index is 13.1. The van der Waals surface area contributed by atoms with E-state index in [9.17, 15) is 14.4 Å². The number of ether oxygens (including phenoxy) is 2. The van der Waals surface area contributed by atoms with E-state index in [0.717, 1.165) is 5.56 Å². The molecule has 1 aromatic rings. The number of fused-ring (bicyclic) bond motifs is 1. The molecule has 2 aliphatic heterocycles. The summed E-state index contributed by atoms with van der Waals surface area (Å²) in [5.41, 5.74) is 0.378. The van der Waals surface area contributed by atoms with Gasteiger partial charge in [0.15, 0.2) is 0 Å². The predicted molar refractivity (Wildman–Crippen MR) is 106 cm³/mol. The molecular weight excluding hydrogens is 374 g/mol. The fourth-order valence-corrected chi connectivity index (χ4v) is 3.66. The van der Waals surface area contributed by atoms with Crippen molar-refractivity contribution in [2.45, 2.75) is 57.6 Å². The number of benzene rings is 1. The molecule has 0 bridgehead atoms. The Bertz CT molecular complexity index is 761. The van der Waals surface area contributed by atoms with Crippen LogP contribution in [0.5, 0.6) is 0 Å². The SMILES string of the molecule is CNC(=O)CC1OC2CN(C(=O)OC(C)(C)C)CC2N(Cc2ccccc2)C1=O. The molecule has 2 fully saturated rings. The number of rotatable bonds is 4. The zero-order valence-corrected chi connectivity index (χ0v) is 17.4. The second-order valence-electron chi connectivity index (χ2n) is 8.44. The summed E-state index contributed by atoms with van der Waals surface area (Å²) in [4.78, 5) is 40.8. The molecule has 3 unspecified atom stereocenters. The van der Waals surface area contributed by atoms with Crippen LogP contribution in [0.3, 0.4) is 0 Å². The van der Waals surface area contributed by atoms with Gasteiger partial charge in [0.25, 0.3) is 5.91 Å². The summed E-state index contributed by atoms with van der Waals surface area (Å²) in [5.74, 6) is -0.492. The first-order valence-electron chi connectivity index (χ1n) is 9.86. The van der Waals surface area contributed by atoms with Crippen LogP contribution in [0, 0.1) is 0 Å². The van der Waals surface area contributed by atoms with Gasteiger partial charge in [-0.1, -0.05) is 30.3 Å². The van der Waals surface area contributed by atoms with Crippen molar-refractivity contribution in [2.24, 2.45) is 0 Å². The van der Waals surface area contributed by atoms with Crippen LogP contribution in [0.15, 0.2) is 30.3 Å². The molecule has 8 heteroatoms. The molecule has 2 aliphatic rings. The van der Waals surface area contributed by atoms with Crippen molar-refractivity contribution in [1.82, 2.24) is 15.1 Å². The zero-order valence-electron chi connectivity index (χ0n) is 17.4. The molecule has 158 valence electrons. The Morgan fingerprint density at radius 1 is 1.21 bits per heavy atom. The third-order valence-electron chi connectivity index (χ3n) is 5.03. The van der Waals surface area contributed by atoms with Gasteiger partial charge in [-0.2, -0.15) is 0 Å². The number of carbonyl (C=O) groups is 3. The Balaban J connectivity index is 1.80. The van der Waals surface area contributed by atoms with Gasteiger partial charge in [0.1, 0.15) is 11.7 Å². The van der Waals surface area contributed by atoms with Crippen LogP contribution in [0.1, 0.15) is 32.8 Å². The third-order valence-corrected chi connectivity index (χ3v) is 5.03. The quantitative estimate of drug-likeness (QED) is 0.824. The van der Waals surface area contributed by atoms with Crippen LogP contribution in [0.4, 0.5) is 4.79 Å². The summed E-state index contributed by atoms with van der Waals surface area (Å²) >= 11 is 0. The van der Waals surface area contributed by atoms with E-state index in [1.165, 1.54) is 7.05 Å². The van der Waals surface area contributed by atoms with E-state index < -0.39 is 17.8 Å². The van der Waals surface area contributed by atoms with Crippen molar-refractivity contribution < 1.29 is 23.9 Å². The van der Waals surface area contributed by atoms with Gasteiger partial charge in [0.05, 0.1) is 25.1 Å². The molecule has 2 saturated heterocycles. The van der Waals surface area contributed by atoms with E-state index in [0.29, 0.717) is 19.6 Å². The Morgan fingerprint density at radius 2 is 1.90 bits per heavy atom. The second-order valence-corrected chi connectivity index (χ2v) is 8.44. The summed E-state index contributed by atoms with van der Waals surface area (Å²) in [5, 5.41) is 2.54. The van der Waals surface area contributed by atoms with Crippen molar-refractivity contribution in [3.8, 4) is 0 Å². The van der Waals surface area contributed by atoms with Gasteiger partial charge >= 0.3 is 6.09 Å². The standard InChI is InChI=1S/C21H29N3O5/c1-21(2,3)29-20(27)23-12-15-17(13-23)28-16(10-18(25)22-4)19(26)24(15)11-14-8-6-5-7-9-14/h5-9,15-17H,10-13H2,1-4H3,(H,22,25). The fourth-order valence-electron chi connectivity index (χ4n) is 3.66. The minimum atomic E-state index is -0.863. The molecular formula is C21H29N3O5. The Kier molecular flexibility index (Phi) is 6.12. The summed E-state index contributed by atoms with van der Waals surface area (Å²) in [6, 6.07) is 9.37. The van der Waals surface area contributed by atoms with Gasteiger partial charge in [-0.25, -0.2) is 4.79 Å². The highest BCUT2D eigenvalue weighted by Gasteiger charge is 2.49. The topological polar surface area (TPSA) is 88.2 Å². The summed E-state index contributed by atoms with van der Waals surface area (Å²) < 4.78 is 11.5. The lowest BCUT2D eigenvalue weighted by Crippen LogP contribution is -2.58. The summed E-state index contributed by atoms with van der Waals surface area (Å²) in [7, 11) is 1.53. The minimum absolute atomic E-state index is 0.0454. The molecule has 8 nitrogen and oxygen atoms in total. The number of likely N-dealkylation sites (tertiary alicyclic amines) is 1. The van der Waals surface area contributed by atoms with Crippen molar-refractivity contribution in [3.63, 3.8) is 0 Å². The molecule has 0 spiro atoms. The van der Waals surface area contributed by atoms with Gasteiger partial charge in [-0.15, -0.1) is 0 Å². The lowest BCUT2D eigenvalue weighted by molar-refractivity contribution is -0.170. The monoisotopic (exact) mass is 403 g/mol. The smallest absolute Gasteiger partial charge is 0.410 e. The molecule has 0 aromatic heterocycles. The average molecular weight is 403 g/mol. The van der Waals surface area contributed by atoms with E-state index >= 15 is 0 Å². The normalized spacial score (nSPS) is 24.3. The largest absolute Gasteiger partial charge is 0.444 e. The van der Waals surface area contributed by atoms with Crippen LogP contribution < -0.4 is 5.32 Å². The molecule has 1 N–H and O–H groups in total. The van der Waals surface area contributed by atoms with Crippen LogP contribution in [0.2, 0.25) is 0 Å². The first kappa shape index (κ1) is 21.1. The highest BCUT2D eigenvalue weighted by atomic mass is 16.6. The van der Waals surface area contributed by atoms with Crippen molar-refractivity contribution in [3.05, 3.63) is 35.9 Å². The van der Waals surface area contributed by atoms with E-state index in [1.54, 1.807) is 9.80 Å². The van der Waals surface area contributed by atoms with Crippen LogP contribution >= 0.6 is 0 Å². The lowest BCUT2D eigenvalue weighted by atomic mass is 10.0. The Labute approximate surface area is 171 Å². The fraction of sp³-hybridized carbons (Fsp3) is 0.571. The van der Waals surface area contributed by atoms with Crippen molar-refractivity contribution in [2.75, 3.05) is 20.1 Å². The zero-order chi connectivity index (χ0) is 21.2. The van der Waals surface area contributed by atoms with Gasteiger partial charge in [0, 0.05) is 20.1 Å². The Hall–Kier alpha value is -2.61. The van der Waals surface area contributed by atoms with E-state index in [-0.39, 0.29) is 30.4 Å². The van der Waals surface area contributed by atoms with Gasteiger partial charge < -0.3 is 24.6 Å². The van der Waals surface area contributed by atoms with Gasteiger partial charge in [-0.05, 0) is 26.3 Å². The maximum Gasteiger partial charge on any atom is 0.410 e. The summed E-state index contributed by atoms with van der Waals surface area (Å²) in [6.07, 6.45) is -1.70. The number of amides is 3. The molecule has 0 saturated carbocycles. The van der Waals surface area contributed by atoms with Gasteiger partial charge in [0.2, 0.25) is 5.91 Å². The van der Waals surface area contributed by atoms with E-state index in [2.05, 4.69) is 5.32 Å². The number of hydrogen-bond acceptors (Lipinski definition) is 5. The van der Waals surface area contributed by atoms with E-state index in [1.807, 2.05) is 51.1 Å². The lowest BCUT2D eigenvalue weighted by Gasteiger charge is -2.40. The number of carbonyl (C=O) groups excluding carboxylic acids is 3. The molecule has 3 atom stereocenters. The van der Waals surface area contributed by atoms with Gasteiger partial charge in [-0.3, -0.25) is 9.59 Å². The molecule has 2 heterocycles. The molecule has 0 radical (unpaired) electrons. The van der Waals surface area contributed by atoms with Crippen LogP contribution in [0.25, 0.3) is 0 Å². The second kappa shape index (κ2) is 8.41. The highest BCUT2D eigenvalue weighted by molar-refractivity contribution is 5.88. The number of hydrogen-bond donors (Lipinski definition) is 1. The molecule has 3 rings (SSSR count). The minimum Gasteiger partial charge on any atom is -0.444 e. The number of nitrogens with zero attached hydrogens (tertiary/aromatic N) is 2. The van der Waals surface area contributed by atoms with Crippen molar-refractivity contribution in [1.29, 1.82) is 0 Å². The molecule has 0 aliphatic carbocycles. The average Bonchev–Trinajstić information content (AvgIpc) is 3.08. The molecule has 29 heavy (non-hydrogen) atoms. The van der Waals surface area contributed by atoms with Crippen molar-refractivity contribution >= 4 is 17.9 Å².